The molecule has 164 valence electrons. The highest BCUT2D eigenvalue weighted by atomic mass is 16.5. The van der Waals surface area contributed by atoms with Crippen LogP contribution in [-0.4, -0.2) is 29.8 Å². The zero-order chi connectivity index (χ0) is 22.7. The van der Waals surface area contributed by atoms with E-state index in [1.165, 1.54) is 0 Å². The van der Waals surface area contributed by atoms with Crippen LogP contribution in [0.15, 0.2) is 41.2 Å². The summed E-state index contributed by atoms with van der Waals surface area (Å²) in [6, 6.07) is 13.0. The van der Waals surface area contributed by atoms with Gasteiger partial charge in [0, 0.05) is 29.7 Å². The lowest BCUT2D eigenvalue weighted by atomic mass is 10.1. The van der Waals surface area contributed by atoms with Crippen molar-refractivity contribution >= 4 is 5.95 Å². The van der Waals surface area contributed by atoms with E-state index in [0.717, 1.165) is 29.0 Å². The van der Waals surface area contributed by atoms with Gasteiger partial charge in [-0.1, -0.05) is 0 Å². The molecule has 0 saturated carbocycles. The fraction of sp³-hybridized carbons (Fsp3) is 0.292. The minimum absolute atomic E-state index is 0.0457. The van der Waals surface area contributed by atoms with E-state index in [2.05, 4.69) is 15.3 Å². The Balaban J connectivity index is 1.64. The van der Waals surface area contributed by atoms with E-state index in [-0.39, 0.29) is 17.6 Å². The van der Waals surface area contributed by atoms with Crippen molar-refractivity contribution in [2.45, 2.75) is 32.9 Å². The van der Waals surface area contributed by atoms with Crippen molar-refractivity contribution in [1.29, 1.82) is 5.26 Å². The molecule has 1 aromatic heterocycles. The second-order valence-electron chi connectivity index (χ2n) is 7.47. The van der Waals surface area contributed by atoms with Gasteiger partial charge in [0.05, 0.1) is 19.4 Å². The third-order valence-electron chi connectivity index (χ3n) is 5.22. The Morgan fingerprint density at radius 3 is 2.78 bits per heavy atom. The number of hydrogen-bond acceptors (Lipinski definition) is 7. The molecule has 1 atom stereocenters. The lowest BCUT2D eigenvalue weighted by Crippen LogP contribution is -2.17. The van der Waals surface area contributed by atoms with E-state index in [0.29, 0.717) is 30.2 Å². The zero-order valence-electron chi connectivity index (χ0n) is 18.2. The Morgan fingerprint density at radius 2 is 2.09 bits per heavy atom. The van der Waals surface area contributed by atoms with Gasteiger partial charge in [0.25, 0.3) is 5.56 Å². The normalized spacial score (nSPS) is 14.2. The molecule has 2 aromatic carbocycles. The molecular weight excluding hydrogens is 408 g/mol. The van der Waals surface area contributed by atoms with E-state index < -0.39 is 5.56 Å². The second kappa shape index (κ2) is 9.02. The number of benzene rings is 2. The number of anilines is 1. The van der Waals surface area contributed by atoms with Gasteiger partial charge in [-0.25, -0.2) is 4.98 Å². The molecule has 8 nitrogen and oxygen atoms in total. The maximum absolute atomic E-state index is 12.5. The number of aromatic amines is 1. The molecule has 32 heavy (non-hydrogen) atoms. The summed E-state index contributed by atoms with van der Waals surface area (Å²) >= 11 is 0. The first-order chi connectivity index (χ1) is 15.5. The minimum atomic E-state index is -0.507. The molecule has 8 heteroatoms. The first-order valence-corrected chi connectivity index (χ1v) is 10.4. The fourth-order valence-corrected chi connectivity index (χ4v) is 3.71. The van der Waals surface area contributed by atoms with Gasteiger partial charge in [-0.15, -0.1) is 0 Å². The average molecular weight is 432 g/mol. The van der Waals surface area contributed by atoms with Crippen LogP contribution in [0.25, 0.3) is 11.3 Å². The van der Waals surface area contributed by atoms with Crippen molar-refractivity contribution < 1.29 is 14.2 Å². The zero-order valence-corrected chi connectivity index (χ0v) is 18.2. The number of nitriles is 1. The monoisotopic (exact) mass is 432 g/mol. The van der Waals surface area contributed by atoms with Crippen molar-refractivity contribution in [1.82, 2.24) is 9.97 Å². The maximum Gasteiger partial charge on any atom is 0.270 e. The third kappa shape index (κ3) is 4.23. The van der Waals surface area contributed by atoms with Gasteiger partial charge in [-0.05, 0) is 50.2 Å². The molecule has 4 rings (SSSR count). The number of nitrogens with one attached hydrogen (secondary N) is 2. The molecule has 2 heterocycles. The standard InChI is InChI=1S/C24H24N4O4/c1-4-31-20-10-16-9-14(2)32-21(16)11-17(20)13-26-24-27-22(19(12-25)23(29)28-24)15-5-7-18(30-3)8-6-15/h5-8,10-11,14H,4,9,13H2,1-3H3,(H2,26,27,28,29). The summed E-state index contributed by atoms with van der Waals surface area (Å²) in [4.78, 5) is 19.7. The lowest BCUT2D eigenvalue weighted by Gasteiger charge is -2.14. The quantitative estimate of drug-likeness (QED) is 0.586. The summed E-state index contributed by atoms with van der Waals surface area (Å²) in [7, 11) is 1.57. The Morgan fingerprint density at radius 1 is 1.31 bits per heavy atom. The number of aromatic nitrogens is 2. The molecule has 3 aromatic rings. The maximum atomic E-state index is 12.5. The summed E-state index contributed by atoms with van der Waals surface area (Å²) < 4.78 is 16.9. The number of rotatable bonds is 7. The highest BCUT2D eigenvalue weighted by Crippen LogP contribution is 2.35. The number of hydrogen-bond donors (Lipinski definition) is 2. The predicted molar refractivity (Wildman–Crippen MR) is 120 cm³/mol. The van der Waals surface area contributed by atoms with Crippen LogP contribution in [-0.2, 0) is 13.0 Å². The predicted octanol–water partition coefficient (Wildman–Crippen LogP) is 3.65. The van der Waals surface area contributed by atoms with Gasteiger partial charge >= 0.3 is 0 Å². The molecule has 1 aliphatic heterocycles. The lowest BCUT2D eigenvalue weighted by molar-refractivity contribution is 0.254. The topological polar surface area (TPSA) is 109 Å². The number of H-pyrrole nitrogens is 1. The second-order valence-corrected chi connectivity index (χ2v) is 7.47. The van der Waals surface area contributed by atoms with E-state index in [1.54, 1.807) is 31.4 Å². The summed E-state index contributed by atoms with van der Waals surface area (Å²) in [6.07, 6.45) is 0.977. The summed E-state index contributed by atoms with van der Waals surface area (Å²) in [6.45, 7) is 4.86. The highest BCUT2D eigenvalue weighted by molar-refractivity contribution is 5.67. The molecule has 0 aliphatic carbocycles. The van der Waals surface area contributed by atoms with Crippen LogP contribution < -0.4 is 25.1 Å². The van der Waals surface area contributed by atoms with Crippen LogP contribution in [0.3, 0.4) is 0 Å². The highest BCUT2D eigenvalue weighted by Gasteiger charge is 2.22. The van der Waals surface area contributed by atoms with Crippen LogP contribution in [0, 0.1) is 11.3 Å². The molecule has 2 N–H and O–H groups in total. The molecule has 0 spiro atoms. The van der Waals surface area contributed by atoms with E-state index in [9.17, 15) is 10.1 Å². The average Bonchev–Trinajstić information content (AvgIpc) is 3.16. The minimum Gasteiger partial charge on any atom is -0.497 e. The van der Waals surface area contributed by atoms with Gasteiger partial charge < -0.3 is 19.5 Å². The summed E-state index contributed by atoms with van der Waals surface area (Å²) in [5.41, 5.74) is 2.40. The molecule has 0 saturated heterocycles. The number of nitrogens with zero attached hydrogens (tertiary/aromatic N) is 2. The van der Waals surface area contributed by atoms with E-state index in [4.69, 9.17) is 14.2 Å². The van der Waals surface area contributed by atoms with E-state index in [1.807, 2.05) is 32.0 Å². The summed E-state index contributed by atoms with van der Waals surface area (Å²) in [5, 5.41) is 12.6. The van der Waals surface area contributed by atoms with Gasteiger partial charge in [0.1, 0.15) is 35.0 Å². The van der Waals surface area contributed by atoms with Crippen LogP contribution in [0.2, 0.25) is 0 Å². The van der Waals surface area contributed by atoms with Crippen LogP contribution >= 0.6 is 0 Å². The molecule has 1 aliphatic rings. The molecule has 0 bridgehead atoms. The van der Waals surface area contributed by atoms with Crippen molar-refractivity contribution in [3.63, 3.8) is 0 Å². The largest absolute Gasteiger partial charge is 0.497 e. The number of fused-ring (bicyclic) bond motifs is 1. The fourth-order valence-electron chi connectivity index (χ4n) is 3.71. The molecule has 0 fully saturated rings. The molecule has 0 amide bonds. The van der Waals surface area contributed by atoms with Crippen molar-refractivity contribution in [2.75, 3.05) is 19.0 Å². The molecular formula is C24H24N4O4. The third-order valence-corrected chi connectivity index (χ3v) is 5.22. The summed E-state index contributed by atoms with van der Waals surface area (Å²) in [5.74, 6) is 2.55. The van der Waals surface area contributed by atoms with Crippen molar-refractivity contribution in [3.8, 4) is 34.6 Å². The number of ether oxygens (including phenoxy) is 3. The SMILES string of the molecule is CCOc1cc2c(cc1CNc1nc(-c3ccc(OC)cc3)c(C#N)c(=O)[nH]1)OC(C)C2. The molecule has 0 radical (unpaired) electrons. The van der Waals surface area contributed by atoms with Crippen LogP contribution in [0.1, 0.15) is 30.5 Å². The smallest absolute Gasteiger partial charge is 0.270 e. The number of methoxy groups -OCH3 is 1. The van der Waals surface area contributed by atoms with Gasteiger partial charge in [-0.2, -0.15) is 5.26 Å². The Labute approximate surface area is 185 Å². The van der Waals surface area contributed by atoms with Gasteiger partial charge in [-0.3, -0.25) is 9.78 Å². The Bertz CT molecular complexity index is 1230. The van der Waals surface area contributed by atoms with Gasteiger partial charge in [0.15, 0.2) is 0 Å². The Hall–Kier alpha value is -3.99. The first kappa shape index (κ1) is 21.2. The van der Waals surface area contributed by atoms with Crippen molar-refractivity contribution in [2.24, 2.45) is 0 Å². The van der Waals surface area contributed by atoms with E-state index >= 15 is 0 Å². The molecule has 1 unspecified atom stereocenters. The van der Waals surface area contributed by atoms with Crippen LogP contribution in [0.4, 0.5) is 5.95 Å². The van der Waals surface area contributed by atoms with Crippen molar-refractivity contribution in [3.05, 3.63) is 63.4 Å². The van der Waals surface area contributed by atoms with Gasteiger partial charge in [0.2, 0.25) is 5.95 Å². The first-order valence-electron chi connectivity index (χ1n) is 10.4. The van der Waals surface area contributed by atoms with Crippen LogP contribution in [0.5, 0.6) is 17.2 Å². The Kier molecular flexibility index (Phi) is 5.99.